The molecule has 2 rings (SSSR count). The minimum Gasteiger partial charge on any atom is -0.456 e. The van der Waals surface area contributed by atoms with Crippen LogP contribution in [-0.4, -0.2) is 6.04 Å². The van der Waals surface area contributed by atoms with Crippen LogP contribution in [0.5, 0.6) is 11.5 Å². The van der Waals surface area contributed by atoms with Crippen LogP contribution in [0.25, 0.3) is 0 Å². The van der Waals surface area contributed by atoms with Gasteiger partial charge in [-0.1, -0.05) is 41.4 Å². The number of nitrogens with two attached hydrogens (primary N) is 1. The molecule has 1 atom stereocenters. The van der Waals surface area contributed by atoms with Gasteiger partial charge in [0, 0.05) is 6.04 Å². The van der Waals surface area contributed by atoms with Crippen molar-refractivity contribution in [2.24, 2.45) is 5.73 Å². The summed E-state index contributed by atoms with van der Waals surface area (Å²) in [6.45, 7) is 1.98. The zero-order chi connectivity index (χ0) is 13.8. The van der Waals surface area contributed by atoms with E-state index in [1.807, 2.05) is 31.2 Å². The van der Waals surface area contributed by atoms with Crippen LogP contribution in [-0.2, 0) is 6.42 Å². The van der Waals surface area contributed by atoms with Gasteiger partial charge in [-0.3, -0.25) is 0 Å². The summed E-state index contributed by atoms with van der Waals surface area (Å²) >= 11 is 12.0. The van der Waals surface area contributed by atoms with Crippen molar-refractivity contribution in [2.45, 2.75) is 19.4 Å². The fourth-order valence-corrected chi connectivity index (χ4v) is 2.09. The first-order chi connectivity index (χ1) is 9.06. The molecular formula is C15H15Cl2NO. The van der Waals surface area contributed by atoms with Gasteiger partial charge < -0.3 is 10.5 Å². The van der Waals surface area contributed by atoms with Gasteiger partial charge in [0.15, 0.2) is 0 Å². The maximum Gasteiger partial charge on any atom is 0.147 e. The van der Waals surface area contributed by atoms with Crippen LogP contribution in [0.1, 0.15) is 12.5 Å². The average Bonchev–Trinajstić information content (AvgIpc) is 2.37. The van der Waals surface area contributed by atoms with Crippen molar-refractivity contribution in [2.75, 3.05) is 0 Å². The minimum atomic E-state index is 0.147. The van der Waals surface area contributed by atoms with Gasteiger partial charge in [0.1, 0.15) is 16.5 Å². The van der Waals surface area contributed by atoms with Gasteiger partial charge >= 0.3 is 0 Å². The Hall–Kier alpha value is -1.22. The zero-order valence-electron chi connectivity index (χ0n) is 10.6. The molecule has 2 nitrogen and oxygen atoms in total. The molecule has 1 unspecified atom stereocenters. The summed E-state index contributed by atoms with van der Waals surface area (Å²) in [4.78, 5) is 0. The second-order valence-corrected chi connectivity index (χ2v) is 5.26. The molecule has 0 bridgehead atoms. The largest absolute Gasteiger partial charge is 0.456 e. The SMILES string of the molecule is CC(N)Cc1ccc(Oc2cccc(Cl)c2Cl)cc1. The van der Waals surface area contributed by atoms with Crippen LogP contribution >= 0.6 is 23.2 Å². The summed E-state index contributed by atoms with van der Waals surface area (Å²) in [5, 5.41) is 0.900. The Morgan fingerprint density at radius 1 is 1.11 bits per heavy atom. The summed E-state index contributed by atoms with van der Waals surface area (Å²) in [5.41, 5.74) is 6.94. The van der Waals surface area contributed by atoms with Gasteiger partial charge in [0.05, 0.1) is 5.02 Å². The van der Waals surface area contributed by atoms with Crippen LogP contribution in [0.3, 0.4) is 0 Å². The summed E-state index contributed by atoms with van der Waals surface area (Å²) in [5.74, 6) is 1.27. The van der Waals surface area contributed by atoms with Crippen molar-refractivity contribution in [3.8, 4) is 11.5 Å². The monoisotopic (exact) mass is 295 g/mol. The molecule has 2 N–H and O–H groups in total. The Balaban J connectivity index is 2.13. The highest BCUT2D eigenvalue weighted by atomic mass is 35.5. The van der Waals surface area contributed by atoms with E-state index < -0.39 is 0 Å². The number of benzene rings is 2. The molecule has 2 aromatic rings. The van der Waals surface area contributed by atoms with Gasteiger partial charge in [-0.25, -0.2) is 0 Å². The lowest BCUT2D eigenvalue weighted by atomic mass is 10.1. The minimum absolute atomic E-state index is 0.147. The number of ether oxygens (including phenoxy) is 1. The molecule has 0 aromatic heterocycles. The average molecular weight is 296 g/mol. The zero-order valence-corrected chi connectivity index (χ0v) is 12.1. The predicted octanol–water partition coefficient (Wildman–Crippen LogP) is 4.68. The Morgan fingerprint density at radius 3 is 2.42 bits per heavy atom. The predicted molar refractivity (Wildman–Crippen MR) is 80.3 cm³/mol. The lowest BCUT2D eigenvalue weighted by Gasteiger charge is -2.10. The van der Waals surface area contributed by atoms with Gasteiger partial charge in [0.2, 0.25) is 0 Å². The molecule has 0 aliphatic rings. The van der Waals surface area contributed by atoms with E-state index in [1.165, 1.54) is 5.56 Å². The molecule has 0 aliphatic carbocycles. The molecule has 2 aromatic carbocycles. The van der Waals surface area contributed by atoms with Crippen LogP contribution in [0.15, 0.2) is 42.5 Å². The summed E-state index contributed by atoms with van der Waals surface area (Å²) in [6, 6.07) is 13.2. The highest BCUT2D eigenvalue weighted by Gasteiger charge is 2.06. The lowest BCUT2D eigenvalue weighted by Crippen LogP contribution is -2.17. The second-order valence-electron chi connectivity index (χ2n) is 4.48. The Bertz CT molecular complexity index is 553. The van der Waals surface area contributed by atoms with Crippen molar-refractivity contribution in [3.63, 3.8) is 0 Å². The third-order valence-corrected chi connectivity index (χ3v) is 3.43. The number of hydrogen-bond acceptors (Lipinski definition) is 2. The van der Waals surface area contributed by atoms with E-state index in [1.54, 1.807) is 18.2 Å². The lowest BCUT2D eigenvalue weighted by molar-refractivity contribution is 0.482. The van der Waals surface area contributed by atoms with Gasteiger partial charge in [-0.05, 0) is 43.2 Å². The van der Waals surface area contributed by atoms with E-state index in [0.29, 0.717) is 15.8 Å². The highest BCUT2D eigenvalue weighted by molar-refractivity contribution is 6.42. The Labute approximate surface area is 123 Å². The summed E-state index contributed by atoms with van der Waals surface area (Å²) in [7, 11) is 0. The Morgan fingerprint density at radius 2 is 1.79 bits per heavy atom. The Kier molecular flexibility index (Phi) is 4.70. The van der Waals surface area contributed by atoms with Crippen molar-refractivity contribution >= 4 is 23.2 Å². The second kappa shape index (κ2) is 6.29. The maximum atomic E-state index is 6.07. The molecular weight excluding hydrogens is 281 g/mol. The number of hydrogen-bond donors (Lipinski definition) is 1. The van der Waals surface area contributed by atoms with E-state index in [0.717, 1.165) is 12.2 Å². The number of rotatable bonds is 4. The van der Waals surface area contributed by atoms with Crippen LogP contribution in [0, 0.1) is 0 Å². The molecule has 0 spiro atoms. The molecule has 0 radical (unpaired) electrons. The molecule has 0 saturated heterocycles. The van der Waals surface area contributed by atoms with E-state index in [2.05, 4.69) is 0 Å². The molecule has 100 valence electrons. The first-order valence-electron chi connectivity index (χ1n) is 6.02. The molecule has 4 heteroatoms. The van der Waals surface area contributed by atoms with Crippen molar-refractivity contribution in [1.29, 1.82) is 0 Å². The fraction of sp³-hybridized carbons (Fsp3) is 0.200. The first-order valence-corrected chi connectivity index (χ1v) is 6.78. The van der Waals surface area contributed by atoms with Crippen molar-refractivity contribution < 1.29 is 4.74 Å². The third kappa shape index (κ3) is 3.87. The molecule has 0 fully saturated rings. The normalized spacial score (nSPS) is 12.2. The van der Waals surface area contributed by atoms with Gasteiger partial charge in [-0.15, -0.1) is 0 Å². The topological polar surface area (TPSA) is 35.2 Å². The van der Waals surface area contributed by atoms with Crippen molar-refractivity contribution in [3.05, 3.63) is 58.1 Å². The van der Waals surface area contributed by atoms with E-state index in [-0.39, 0.29) is 6.04 Å². The van der Waals surface area contributed by atoms with Crippen molar-refractivity contribution in [1.82, 2.24) is 0 Å². The molecule has 0 amide bonds. The van der Waals surface area contributed by atoms with Crippen LogP contribution in [0.2, 0.25) is 10.0 Å². The fourth-order valence-electron chi connectivity index (χ4n) is 1.76. The van der Waals surface area contributed by atoms with Crippen LogP contribution in [0.4, 0.5) is 0 Å². The standard InChI is InChI=1S/C15H15Cl2NO/c1-10(18)9-11-5-7-12(8-6-11)19-14-4-2-3-13(16)15(14)17/h2-8,10H,9,18H2,1H3. The van der Waals surface area contributed by atoms with E-state index >= 15 is 0 Å². The maximum absolute atomic E-state index is 6.07. The smallest absolute Gasteiger partial charge is 0.147 e. The summed E-state index contributed by atoms with van der Waals surface area (Å²) in [6.07, 6.45) is 0.845. The molecule has 19 heavy (non-hydrogen) atoms. The van der Waals surface area contributed by atoms with E-state index in [4.69, 9.17) is 33.7 Å². The molecule has 0 aliphatic heterocycles. The van der Waals surface area contributed by atoms with Gasteiger partial charge in [-0.2, -0.15) is 0 Å². The van der Waals surface area contributed by atoms with E-state index in [9.17, 15) is 0 Å². The number of halogens is 2. The first kappa shape index (κ1) is 14.2. The molecule has 0 heterocycles. The third-order valence-electron chi connectivity index (χ3n) is 2.63. The van der Waals surface area contributed by atoms with Crippen LogP contribution < -0.4 is 10.5 Å². The molecule has 0 saturated carbocycles. The van der Waals surface area contributed by atoms with Gasteiger partial charge in [0.25, 0.3) is 0 Å². The summed E-state index contributed by atoms with van der Waals surface area (Å²) < 4.78 is 5.70. The quantitative estimate of drug-likeness (QED) is 0.889. The highest BCUT2D eigenvalue weighted by Crippen LogP contribution is 2.34.